The Bertz CT molecular complexity index is 713. The number of amides is 1. The SMILES string of the molecule is CCCCCCCCCCCCCCCCCCCCCCC/C=C/C(O)C(CO)NC(=O)C(O)CCCCCCCCCCCCCCCC. The maximum absolute atomic E-state index is 12.5. The molecule has 3 atom stereocenters. The van der Waals surface area contributed by atoms with E-state index in [0.717, 1.165) is 32.1 Å². The van der Waals surface area contributed by atoms with Crippen LogP contribution in [0.3, 0.4) is 0 Å². The van der Waals surface area contributed by atoms with Crippen LogP contribution in [0.5, 0.6) is 0 Å². The zero-order chi connectivity index (χ0) is 37.3. The molecule has 0 aliphatic rings. The van der Waals surface area contributed by atoms with Crippen molar-refractivity contribution in [2.24, 2.45) is 0 Å². The lowest BCUT2D eigenvalue weighted by Gasteiger charge is -2.21. The van der Waals surface area contributed by atoms with E-state index < -0.39 is 24.2 Å². The van der Waals surface area contributed by atoms with Crippen LogP contribution in [0.15, 0.2) is 12.2 Å². The summed E-state index contributed by atoms with van der Waals surface area (Å²) in [6.07, 6.45) is 49.7. The summed E-state index contributed by atoms with van der Waals surface area (Å²) in [5.41, 5.74) is 0. The number of aliphatic hydroxyl groups excluding tert-OH is 3. The van der Waals surface area contributed by atoms with E-state index in [1.807, 2.05) is 6.08 Å². The molecule has 0 radical (unpaired) electrons. The molecule has 0 bridgehead atoms. The minimum atomic E-state index is -1.09. The van der Waals surface area contributed by atoms with E-state index in [0.29, 0.717) is 6.42 Å². The van der Waals surface area contributed by atoms with Crippen molar-refractivity contribution in [2.75, 3.05) is 6.61 Å². The van der Waals surface area contributed by atoms with Crippen molar-refractivity contribution in [3.05, 3.63) is 12.2 Å². The Morgan fingerprint density at radius 3 is 1.08 bits per heavy atom. The van der Waals surface area contributed by atoms with Gasteiger partial charge in [0.2, 0.25) is 5.91 Å². The summed E-state index contributed by atoms with van der Waals surface area (Å²) in [5.74, 6) is -0.500. The summed E-state index contributed by atoms with van der Waals surface area (Å²) in [5, 5.41) is 33.2. The molecule has 0 saturated carbocycles. The third kappa shape index (κ3) is 37.2. The highest BCUT2D eigenvalue weighted by atomic mass is 16.3. The lowest BCUT2D eigenvalue weighted by Crippen LogP contribution is -2.48. The fourth-order valence-electron chi connectivity index (χ4n) is 7.25. The molecule has 5 heteroatoms. The highest BCUT2D eigenvalue weighted by Crippen LogP contribution is 2.17. The normalized spacial score (nSPS) is 13.6. The van der Waals surface area contributed by atoms with Crippen molar-refractivity contribution in [3.63, 3.8) is 0 Å². The van der Waals surface area contributed by atoms with Crippen LogP contribution in [0.2, 0.25) is 0 Å². The predicted octanol–water partition coefficient (Wildman–Crippen LogP) is 13.2. The van der Waals surface area contributed by atoms with Crippen LogP contribution in [0, 0.1) is 0 Å². The lowest BCUT2D eigenvalue weighted by molar-refractivity contribution is -0.131. The molecule has 304 valence electrons. The van der Waals surface area contributed by atoms with Crippen molar-refractivity contribution in [1.82, 2.24) is 5.32 Å². The Labute approximate surface area is 319 Å². The van der Waals surface area contributed by atoms with Crippen molar-refractivity contribution in [1.29, 1.82) is 0 Å². The number of hydrogen-bond acceptors (Lipinski definition) is 4. The van der Waals surface area contributed by atoms with Crippen molar-refractivity contribution >= 4 is 5.91 Å². The molecule has 0 aromatic rings. The molecule has 3 unspecified atom stereocenters. The molecule has 0 saturated heterocycles. The van der Waals surface area contributed by atoms with Crippen LogP contribution < -0.4 is 5.32 Å². The van der Waals surface area contributed by atoms with Gasteiger partial charge in [-0.1, -0.05) is 244 Å². The van der Waals surface area contributed by atoms with Gasteiger partial charge in [-0.15, -0.1) is 0 Å². The summed E-state index contributed by atoms with van der Waals surface area (Å²) >= 11 is 0. The van der Waals surface area contributed by atoms with Gasteiger partial charge >= 0.3 is 0 Å². The summed E-state index contributed by atoms with van der Waals surface area (Å²) in [4.78, 5) is 12.5. The van der Waals surface area contributed by atoms with Crippen LogP contribution >= 0.6 is 0 Å². The first-order valence-electron chi connectivity index (χ1n) is 23.0. The largest absolute Gasteiger partial charge is 0.394 e. The molecule has 0 aromatic carbocycles. The zero-order valence-corrected chi connectivity index (χ0v) is 34.5. The van der Waals surface area contributed by atoms with Crippen LogP contribution in [0.25, 0.3) is 0 Å². The Kier molecular flexibility index (Phi) is 41.1. The first-order chi connectivity index (χ1) is 25.1. The van der Waals surface area contributed by atoms with Gasteiger partial charge in [-0.25, -0.2) is 0 Å². The highest BCUT2D eigenvalue weighted by Gasteiger charge is 2.22. The smallest absolute Gasteiger partial charge is 0.249 e. The van der Waals surface area contributed by atoms with Gasteiger partial charge in [0.1, 0.15) is 6.10 Å². The van der Waals surface area contributed by atoms with E-state index in [1.54, 1.807) is 6.08 Å². The fourth-order valence-corrected chi connectivity index (χ4v) is 7.25. The standard InChI is InChI=1S/C46H91NO4/c1-3-5-7-9-11-13-15-17-19-20-21-22-23-24-25-26-27-29-30-32-34-36-38-40-44(49)43(42-48)47-46(51)45(50)41-39-37-35-33-31-28-18-16-14-12-10-8-6-4-2/h38,40,43-45,48-50H,3-37,39,41-42H2,1-2H3,(H,47,51)/b40-38+. The fraction of sp³-hybridized carbons (Fsp3) is 0.935. The van der Waals surface area contributed by atoms with Crippen LogP contribution in [0.4, 0.5) is 0 Å². The second-order valence-electron chi connectivity index (χ2n) is 16.0. The van der Waals surface area contributed by atoms with E-state index in [-0.39, 0.29) is 6.61 Å². The highest BCUT2D eigenvalue weighted by molar-refractivity contribution is 5.80. The van der Waals surface area contributed by atoms with Gasteiger partial charge in [0.15, 0.2) is 0 Å². The summed E-state index contributed by atoms with van der Waals surface area (Å²) in [6, 6.07) is -0.792. The summed E-state index contributed by atoms with van der Waals surface area (Å²) in [6.45, 7) is 4.20. The lowest BCUT2D eigenvalue weighted by atomic mass is 10.0. The molecule has 0 aliphatic heterocycles. The summed E-state index contributed by atoms with van der Waals surface area (Å²) < 4.78 is 0. The van der Waals surface area contributed by atoms with Gasteiger partial charge < -0.3 is 20.6 Å². The minimum absolute atomic E-state index is 0.359. The van der Waals surface area contributed by atoms with Gasteiger partial charge in [-0.05, 0) is 19.3 Å². The quantitative estimate of drug-likeness (QED) is 0.0373. The predicted molar refractivity (Wildman–Crippen MR) is 222 cm³/mol. The van der Waals surface area contributed by atoms with Gasteiger partial charge in [-0.2, -0.15) is 0 Å². The molecule has 1 amide bonds. The van der Waals surface area contributed by atoms with Gasteiger partial charge in [0.25, 0.3) is 0 Å². The number of aliphatic hydroxyl groups is 3. The second kappa shape index (κ2) is 41.8. The molecule has 4 N–H and O–H groups in total. The molecule has 0 aromatic heterocycles. The van der Waals surface area contributed by atoms with Gasteiger partial charge in [0.05, 0.1) is 18.8 Å². The number of allylic oxidation sites excluding steroid dienone is 1. The second-order valence-corrected chi connectivity index (χ2v) is 16.0. The minimum Gasteiger partial charge on any atom is -0.394 e. The molecule has 0 fully saturated rings. The molecular formula is C46H91NO4. The van der Waals surface area contributed by atoms with Gasteiger partial charge in [-0.3, -0.25) is 4.79 Å². The van der Waals surface area contributed by atoms with Gasteiger partial charge in [0, 0.05) is 0 Å². The van der Waals surface area contributed by atoms with Crippen molar-refractivity contribution < 1.29 is 20.1 Å². The average Bonchev–Trinajstić information content (AvgIpc) is 3.13. The van der Waals surface area contributed by atoms with E-state index in [2.05, 4.69) is 19.2 Å². The molecule has 0 spiro atoms. The van der Waals surface area contributed by atoms with Crippen LogP contribution in [-0.4, -0.2) is 46.1 Å². The average molecular weight is 722 g/mol. The Morgan fingerprint density at radius 1 is 0.471 bits per heavy atom. The van der Waals surface area contributed by atoms with E-state index >= 15 is 0 Å². The molecule has 0 heterocycles. The van der Waals surface area contributed by atoms with E-state index in [1.165, 1.54) is 199 Å². The maximum Gasteiger partial charge on any atom is 0.249 e. The molecule has 5 nitrogen and oxygen atoms in total. The number of unbranched alkanes of at least 4 members (excludes halogenated alkanes) is 34. The summed E-state index contributed by atoms with van der Waals surface area (Å²) in [7, 11) is 0. The first kappa shape index (κ1) is 50.1. The number of hydrogen-bond donors (Lipinski definition) is 4. The Morgan fingerprint density at radius 2 is 0.765 bits per heavy atom. The number of rotatable bonds is 42. The monoisotopic (exact) mass is 722 g/mol. The molecular weight excluding hydrogens is 631 g/mol. The molecule has 0 aliphatic carbocycles. The first-order valence-corrected chi connectivity index (χ1v) is 23.0. The number of carbonyl (C=O) groups is 1. The Balaban J connectivity index is 3.60. The number of carbonyl (C=O) groups excluding carboxylic acids is 1. The van der Waals surface area contributed by atoms with E-state index in [9.17, 15) is 20.1 Å². The van der Waals surface area contributed by atoms with E-state index in [4.69, 9.17) is 0 Å². The van der Waals surface area contributed by atoms with Crippen molar-refractivity contribution in [2.45, 2.75) is 270 Å². The zero-order valence-electron chi connectivity index (χ0n) is 34.5. The topological polar surface area (TPSA) is 89.8 Å². The Hall–Kier alpha value is -0.910. The van der Waals surface area contributed by atoms with Crippen LogP contribution in [0.1, 0.15) is 251 Å². The molecule has 51 heavy (non-hydrogen) atoms. The maximum atomic E-state index is 12.5. The van der Waals surface area contributed by atoms with Crippen LogP contribution in [-0.2, 0) is 4.79 Å². The number of nitrogens with one attached hydrogen (secondary N) is 1. The third-order valence-electron chi connectivity index (χ3n) is 10.9. The molecule has 0 rings (SSSR count). The van der Waals surface area contributed by atoms with Crippen molar-refractivity contribution in [3.8, 4) is 0 Å². The third-order valence-corrected chi connectivity index (χ3v) is 10.9.